The van der Waals surface area contributed by atoms with Crippen molar-refractivity contribution in [3.05, 3.63) is 46.1 Å². The van der Waals surface area contributed by atoms with Gasteiger partial charge in [-0.2, -0.15) is 4.98 Å². The molecule has 0 atom stereocenters. The number of para-hydroxylation sites is 2. The summed E-state index contributed by atoms with van der Waals surface area (Å²) in [6.07, 6.45) is 0. The topological polar surface area (TPSA) is 116 Å². The second-order valence-electron chi connectivity index (χ2n) is 3.64. The molecule has 0 aliphatic rings. The monoisotopic (exact) mass is 261 g/mol. The van der Waals surface area contributed by atoms with E-state index in [9.17, 15) is 10.1 Å². The first kappa shape index (κ1) is 12.7. The normalized spacial score (nSPS) is 10.0. The summed E-state index contributed by atoms with van der Waals surface area (Å²) in [4.78, 5) is 18.3. The maximum absolute atomic E-state index is 10.9. The summed E-state index contributed by atoms with van der Waals surface area (Å²) in [6, 6.07) is 7.59. The smallest absolute Gasteiger partial charge is 0.311 e. The van der Waals surface area contributed by atoms with Gasteiger partial charge in [0.05, 0.1) is 4.92 Å². The summed E-state index contributed by atoms with van der Waals surface area (Å²) < 4.78 is 5.41. The Bertz CT molecular complexity index is 617. The van der Waals surface area contributed by atoms with E-state index in [1.54, 1.807) is 25.1 Å². The molecule has 1 aromatic carbocycles. The summed E-state index contributed by atoms with van der Waals surface area (Å²) in [5, 5.41) is 10.9. The zero-order chi connectivity index (χ0) is 13.8. The third-order valence-electron chi connectivity index (χ3n) is 2.24. The fourth-order valence-corrected chi connectivity index (χ4v) is 1.46. The maximum Gasteiger partial charge on any atom is 0.311 e. The third-order valence-corrected chi connectivity index (χ3v) is 2.24. The molecule has 8 heteroatoms. The molecule has 0 radical (unpaired) electrons. The fourth-order valence-electron chi connectivity index (χ4n) is 1.46. The Morgan fingerprint density at radius 1 is 1.37 bits per heavy atom. The van der Waals surface area contributed by atoms with Crippen molar-refractivity contribution < 1.29 is 9.66 Å². The van der Waals surface area contributed by atoms with Crippen molar-refractivity contribution >= 4 is 11.6 Å². The molecule has 2 rings (SSSR count). The highest BCUT2D eigenvalue weighted by atomic mass is 16.6. The fraction of sp³-hybridized carbons (Fsp3) is 0.0909. The van der Waals surface area contributed by atoms with Crippen LogP contribution in [0.5, 0.6) is 11.6 Å². The van der Waals surface area contributed by atoms with E-state index in [0.29, 0.717) is 5.69 Å². The molecule has 0 aliphatic heterocycles. The minimum atomic E-state index is -0.522. The van der Waals surface area contributed by atoms with Gasteiger partial charge in [-0.15, -0.1) is 0 Å². The molecule has 0 aliphatic carbocycles. The average Bonchev–Trinajstić information content (AvgIpc) is 2.38. The Balaban J connectivity index is 2.36. The SMILES string of the molecule is Cc1cc(Oc2ccccc2[N+](=O)[O-])nc(NN)n1. The number of aryl methyl sites for hydroxylation is 1. The molecular formula is C11H11N5O3. The molecule has 0 saturated heterocycles. The quantitative estimate of drug-likeness (QED) is 0.489. The zero-order valence-electron chi connectivity index (χ0n) is 10.0. The van der Waals surface area contributed by atoms with Gasteiger partial charge in [-0.05, 0) is 13.0 Å². The number of nitro benzene ring substituents is 1. The molecule has 0 saturated carbocycles. The van der Waals surface area contributed by atoms with Crippen LogP contribution in [-0.4, -0.2) is 14.9 Å². The van der Waals surface area contributed by atoms with Crippen LogP contribution in [0.2, 0.25) is 0 Å². The van der Waals surface area contributed by atoms with Gasteiger partial charge in [-0.3, -0.25) is 15.5 Å². The van der Waals surface area contributed by atoms with Crippen LogP contribution in [0.3, 0.4) is 0 Å². The molecule has 8 nitrogen and oxygen atoms in total. The van der Waals surface area contributed by atoms with Gasteiger partial charge in [0.1, 0.15) is 0 Å². The summed E-state index contributed by atoms with van der Waals surface area (Å²) >= 11 is 0. The number of nitrogens with one attached hydrogen (secondary N) is 1. The van der Waals surface area contributed by atoms with E-state index in [0.717, 1.165) is 0 Å². The Kier molecular flexibility index (Phi) is 3.53. The van der Waals surface area contributed by atoms with Crippen molar-refractivity contribution in [2.75, 3.05) is 5.43 Å². The van der Waals surface area contributed by atoms with Crippen molar-refractivity contribution in [2.45, 2.75) is 6.92 Å². The molecule has 0 bridgehead atoms. The van der Waals surface area contributed by atoms with Crippen LogP contribution in [0.25, 0.3) is 0 Å². The van der Waals surface area contributed by atoms with Crippen LogP contribution < -0.4 is 16.0 Å². The number of nitrogens with two attached hydrogens (primary N) is 1. The van der Waals surface area contributed by atoms with Crippen LogP contribution in [0, 0.1) is 17.0 Å². The Morgan fingerprint density at radius 3 is 2.79 bits per heavy atom. The lowest BCUT2D eigenvalue weighted by Gasteiger charge is -2.07. The number of anilines is 1. The van der Waals surface area contributed by atoms with Crippen LogP contribution >= 0.6 is 0 Å². The van der Waals surface area contributed by atoms with Crippen LogP contribution in [0.1, 0.15) is 5.69 Å². The van der Waals surface area contributed by atoms with Crippen molar-refractivity contribution in [1.82, 2.24) is 9.97 Å². The first-order valence-electron chi connectivity index (χ1n) is 5.33. The highest BCUT2D eigenvalue weighted by molar-refractivity contribution is 5.47. The number of hydrazine groups is 1. The van der Waals surface area contributed by atoms with Gasteiger partial charge in [0.15, 0.2) is 0 Å². The van der Waals surface area contributed by atoms with E-state index in [1.807, 2.05) is 0 Å². The molecule has 98 valence electrons. The second-order valence-corrected chi connectivity index (χ2v) is 3.64. The average molecular weight is 261 g/mol. The number of hydrogen-bond donors (Lipinski definition) is 2. The first-order chi connectivity index (χ1) is 9.10. The van der Waals surface area contributed by atoms with Crippen molar-refractivity contribution in [1.29, 1.82) is 0 Å². The number of nitro groups is 1. The molecule has 0 unspecified atom stereocenters. The predicted molar refractivity (Wildman–Crippen MR) is 67.7 cm³/mol. The molecule has 2 aromatic rings. The van der Waals surface area contributed by atoms with Crippen LogP contribution in [0.4, 0.5) is 11.6 Å². The molecule has 3 N–H and O–H groups in total. The largest absolute Gasteiger partial charge is 0.432 e. The Labute approximate surface area is 108 Å². The molecule has 0 fully saturated rings. The minimum Gasteiger partial charge on any atom is -0.432 e. The summed E-state index contributed by atoms with van der Waals surface area (Å²) in [5.41, 5.74) is 2.78. The second kappa shape index (κ2) is 5.27. The van der Waals surface area contributed by atoms with Crippen molar-refractivity contribution in [3.8, 4) is 11.6 Å². The lowest BCUT2D eigenvalue weighted by atomic mass is 10.3. The number of nitrogens with zero attached hydrogens (tertiary/aromatic N) is 3. The Morgan fingerprint density at radius 2 is 2.11 bits per heavy atom. The van der Waals surface area contributed by atoms with E-state index in [4.69, 9.17) is 10.6 Å². The van der Waals surface area contributed by atoms with E-state index in [1.165, 1.54) is 12.1 Å². The van der Waals surface area contributed by atoms with Gasteiger partial charge < -0.3 is 4.74 Å². The number of benzene rings is 1. The zero-order valence-corrected chi connectivity index (χ0v) is 10.0. The lowest BCUT2D eigenvalue weighted by molar-refractivity contribution is -0.385. The molecule has 19 heavy (non-hydrogen) atoms. The van der Waals surface area contributed by atoms with E-state index in [2.05, 4.69) is 15.4 Å². The number of hydrogen-bond acceptors (Lipinski definition) is 7. The Hall–Kier alpha value is -2.74. The van der Waals surface area contributed by atoms with E-state index in [-0.39, 0.29) is 23.3 Å². The highest BCUT2D eigenvalue weighted by Crippen LogP contribution is 2.30. The molecular weight excluding hydrogens is 250 g/mol. The summed E-state index contributed by atoms with van der Waals surface area (Å²) in [6.45, 7) is 1.73. The number of aromatic nitrogens is 2. The standard InChI is InChI=1S/C11H11N5O3/c1-7-6-10(14-11(13-7)15-12)19-9-5-3-2-4-8(9)16(17)18/h2-6H,12H2,1H3,(H,13,14,15). The third kappa shape index (κ3) is 2.93. The first-order valence-corrected chi connectivity index (χ1v) is 5.33. The maximum atomic E-state index is 10.9. The predicted octanol–water partition coefficient (Wildman–Crippen LogP) is 1.77. The summed E-state index contributed by atoms with van der Waals surface area (Å²) in [5.74, 6) is 5.68. The number of rotatable bonds is 4. The van der Waals surface area contributed by atoms with E-state index >= 15 is 0 Å². The van der Waals surface area contributed by atoms with Gasteiger partial charge in [0.25, 0.3) is 0 Å². The van der Waals surface area contributed by atoms with Gasteiger partial charge in [-0.25, -0.2) is 10.8 Å². The van der Waals surface area contributed by atoms with Crippen molar-refractivity contribution in [2.24, 2.45) is 5.84 Å². The molecule has 0 spiro atoms. The van der Waals surface area contributed by atoms with Gasteiger partial charge in [0.2, 0.25) is 17.6 Å². The van der Waals surface area contributed by atoms with Gasteiger partial charge in [0, 0.05) is 17.8 Å². The lowest BCUT2D eigenvalue weighted by Crippen LogP contribution is -2.11. The molecule has 0 amide bonds. The summed E-state index contributed by atoms with van der Waals surface area (Å²) in [7, 11) is 0. The van der Waals surface area contributed by atoms with Gasteiger partial charge >= 0.3 is 5.69 Å². The number of nitrogen functional groups attached to an aromatic ring is 1. The van der Waals surface area contributed by atoms with Crippen molar-refractivity contribution in [3.63, 3.8) is 0 Å². The molecule has 1 aromatic heterocycles. The van der Waals surface area contributed by atoms with Crippen LogP contribution in [0.15, 0.2) is 30.3 Å². The van der Waals surface area contributed by atoms with Gasteiger partial charge in [-0.1, -0.05) is 12.1 Å². The van der Waals surface area contributed by atoms with E-state index < -0.39 is 4.92 Å². The number of ether oxygens (including phenoxy) is 1. The highest BCUT2D eigenvalue weighted by Gasteiger charge is 2.15. The molecule has 1 heterocycles. The van der Waals surface area contributed by atoms with Crippen LogP contribution in [-0.2, 0) is 0 Å². The minimum absolute atomic E-state index is 0.105.